The molecule has 0 aromatic rings. The van der Waals surface area contributed by atoms with Crippen molar-refractivity contribution in [2.75, 3.05) is 26.0 Å². The highest BCUT2D eigenvalue weighted by Crippen LogP contribution is 2.28. The molecule has 1 rings (SSSR count). The van der Waals surface area contributed by atoms with E-state index in [9.17, 15) is 13.2 Å². The molecule has 17 heavy (non-hydrogen) atoms. The zero-order chi connectivity index (χ0) is 12.7. The van der Waals surface area contributed by atoms with E-state index >= 15 is 0 Å². The Morgan fingerprint density at radius 1 is 1.35 bits per heavy atom. The lowest BCUT2D eigenvalue weighted by molar-refractivity contribution is -0.173. The molecule has 0 aliphatic heterocycles. The summed E-state index contributed by atoms with van der Waals surface area (Å²) in [5.74, 6) is 0. The van der Waals surface area contributed by atoms with Gasteiger partial charge in [-0.2, -0.15) is 24.9 Å². The van der Waals surface area contributed by atoms with Gasteiger partial charge in [0.05, 0.1) is 0 Å². The second-order valence-electron chi connectivity index (χ2n) is 4.29. The fraction of sp³-hybridized carbons (Fsp3) is 1.00. The molecule has 1 N–H and O–H groups in total. The Bertz CT molecular complexity index is 213. The molecule has 1 aliphatic carbocycles. The van der Waals surface area contributed by atoms with E-state index in [4.69, 9.17) is 0 Å². The first-order valence-corrected chi connectivity index (χ1v) is 7.22. The summed E-state index contributed by atoms with van der Waals surface area (Å²) < 4.78 is 39.8. The topological polar surface area (TPSA) is 21.3 Å². The second kappa shape index (κ2) is 7.48. The van der Waals surface area contributed by atoms with Crippen LogP contribution in [0.25, 0.3) is 0 Å². The fourth-order valence-electron chi connectivity index (χ4n) is 2.09. The molecule has 2 nitrogen and oxygen atoms in total. The minimum Gasteiger partial charge on any atom is -0.372 e. The molecule has 2 unspecified atom stereocenters. The van der Waals surface area contributed by atoms with Crippen molar-refractivity contribution < 1.29 is 17.9 Å². The third-order valence-corrected chi connectivity index (χ3v) is 4.06. The van der Waals surface area contributed by atoms with E-state index in [-0.39, 0.29) is 6.61 Å². The van der Waals surface area contributed by atoms with Crippen LogP contribution in [0.1, 0.15) is 25.7 Å². The summed E-state index contributed by atoms with van der Waals surface area (Å²) in [6.07, 6.45) is 2.19. The molecule has 0 aromatic heterocycles. The van der Waals surface area contributed by atoms with Gasteiger partial charge in [-0.05, 0) is 32.1 Å². The summed E-state index contributed by atoms with van der Waals surface area (Å²) in [5, 5.41) is 4.06. The van der Waals surface area contributed by atoms with Crippen LogP contribution in [0.3, 0.4) is 0 Å². The first-order valence-electron chi connectivity index (χ1n) is 5.93. The normalized spacial score (nSPS) is 25.4. The first-order chi connectivity index (χ1) is 8.03. The number of hydrogen-bond donors (Lipinski definition) is 1. The molecule has 0 bridgehead atoms. The van der Waals surface area contributed by atoms with Gasteiger partial charge in [0.25, 0.3) is 0 Å². The third-order valence-electron chi connectivity index (χ3n) is 2.89. The van der Waals surface area contributed by atoms with Crippen LogP contribution in [-0.2, 0) is 4.74 Å². The fourth-order valence-corrected chi connectivity index (χ4v) is 3.05. The van der Waals surface area contributed by atoms with Gasteiger partial charge in [-0.1, -0.05) is 6.42 Å². The molecule has 1 saturated carbocycles. The van der Waals surface area contributed by atoms with Crippen LogP contribution >= 0.6 is 11.8 Å². The maximum atomic E-state index is 11.8. The standard InChI is InChI=1S/C11H20F3NOS/c1-17-10-5-2-4-9(10)15-6-3-7-16-8-11(12,13)14/h9-10,15H,2-8H2,1H3. The minimum atomic E-state index is -4.21. The quantitative estimate of drug-likeness (QED) is 0.719. The predicted octanol–water partition coefficient (Wildman–Crippen LogP) is 2.83. The van der Waals surface area contributed by atoms with Crippen LogP contribution in [0.4, 0.5) is 13.2 Å². The van der Waals surface area contributed by atoms with Gasteiger partial charge < -0.3 is 10.1 Å². The van der Waals surface area contributed by atoms with Gasteiger partial charge in [0.1, 0.15) is 6.61 Å². The van der Waals surface area contributed by atoms with Crippen LogP contribution in [0, 0.1) is 0 Å². The lowest BCUT2D eigenvalue weighted by atomic mass is 10.2. The van der Waals surface area contributed by atoms with Crippen LogP contribution < -0.4 is 5.32 Å². The van der Waals surface area contributed by atoms with E-state index in [1.165, 1.54) is 19.3 Å². The highest BCUT2D eigenvalue weighted by Gasteiger charge is 2.27. The van der Waals surface area contributed by atoms with Gasteiger partial charge in [-0.15, -0.1) is 0 Å². The van der Waals surface area contributed by atoms with Crippen molar-refractivity contribution in [3.05, 3.63) is 0 Å². The first kappa shape index (κ1) is 15.1. The Balaban J connectivity index is 1.97. The van der Waals surface area contributed by atoms with Crippen molar-refractivity contribution in [1.29, 1.82) is 0 Å². The molecule has 2 atom stereocenters. The summed E-state index contributed by atoms with van der Waals surface area (Å²) in [6, 6.07) is 0.521. The highest BCUT2D eigenvalue weighted by atomic mass is 32.2. The molecule has 0 spiro atoms. The maximum absolute atomic E-state index is 11.8. The third kappa shape index (κ3) is 6.52. The smallest absolute Gasteiger partial charge is 0.372 e. The summed E-state index contributed by atoms with van der Waals surface area (Å²) in [6.45, 7) is -0.230. The van der Waals surface area contributed by atoms with Gasteiger partial charge in [-0.25, -0.2) is 0 Å². The molecule has 1 fully saturated rings. The second-order valence-corrected chi connectivity index (χ2v) is 5.36. The predicted molar refractivity (Wildman–Crippen MR) is 64.4 cm³/mol. The number of thioether (sulfide) groups is 1. The minimum absolute atomic E-state index is 0.170. The molecule has 1 aliphatic rings. The van der Waals surface area contributed by atoms with Crippen molar-refractivity contribution in [1.82, 2.24) is 5.32 Å². The summed E-state index contributed by atoms with van der Waals surface area (Å²) >= 11 is 1.87. The van der Waals surface area contributed by atoms with E-state index < -0.39 is 12.8 Å². The average molecular weight is 271 g/mol. The van der Waals surface area contributed by atoms with Crippen molar-refractivity contribution in [3.63, 3.8) is 0 Å². The van der Waals surface area contributed by atoms with Gasteiger partial charge in [-0.3, -0.25) is 0 Å². The molecule has 0 amide bonds. The van der Waals surface area contributed by atoms with Gasteiger partial charge in [0, 0.05) is 17.9 Å². The summed E-state index contributed by atoms with van der Waals surface area (Å²) in [4.78, 5) is 0. The van der Waals surface area contributed by atoms with E-state index in [0.29, 0.717) is 17.7 Å². The van der Waals surface area contributed by atoms with Crippen LogP contribution in [0.2, 0.25) is 0 Å². The Morgan fingerprint density at radius 3 is 2.76 bits per heavy atom. The van der Waals surface area contributed by atoms with Crippen molar-refractivity contribution in [3.8, 4) is 0 Å². The maximum Gasteiger partial charge on any atom is 0.411 e. The van der Waals surface area contributed by atoms with Gasteiger partial charge in [0.15, 0.2) is 0 Å². The lowest BCUT2D eigenvalue weighted by Crippen LogP contribution is -2.35. The van der Waals surface area contributed by atoms with Crippen LogP contribution in [0.15, 0.2) is 0 Å². The molecular weight excluding hydrogens is 251 g/mol. The largest absolute Gasteiger partial charge is 0.411 e. The van der Waals surface area contributed by atoms with Crippen molar-refractivity contribution in [2.24, 2.45) is 0 Å². The molecular formula is C11H20F3NOS. The number of hydrogen-bond acceptors (Lipinski definition) is 3. The zero-order valence-electron chi connectivity index (χ0n) is 10.1. The number of halogens is 3. The molecule has 0 aromatic carbocycles. The number of ether oxygens (including phenoxy) is 1. The van der Waals surface area contributed by atoms with Gasteiger partial charge in [0.2, 0.25) is 0 Å². The van der Waals surface area contributed by atoms with Crippen LogP contribution in [-0.4, -0.2) is 43.5 Å². The van der Waals surface area contributed by atoms with Crippen molar-refractivity contribution >= 4 is 11.8 Å². The summed E-state index contributed by atoms with van der Waals surface area (Å²) in [7, 11) is 0. The Morgan fingerprint density at radius 2 is 2.12 bits per heavy atom. The van der Waals surface area contributed by atoms with E-state index in [1.807, 2.05) is 11.8 Å². The zero-order valence-corrected chi connectivity index (χ0v) is 10.9. The van der Waals surface area contributed by atoms with E-state index in [1.54, 1.807) is 0 Å². The number of alkyl halides is 3. The average Bonchev–Trinajstić information content (AvgIpc) is 2.69. The molecule has 0 heterocycles. The SMILES string of the molecule is CSC1CCCC1NCCCOCC(F)(F)F. The molecule has 6 heteroatoms. The van der Waals surface area contributed by atoms with Crippen LogP contribution in [0.5, 0.6) is 0 Å². The number of rotatable bonds is 7. The number of nitrogens with one attached hydrogen (secondary N) is 1. The monoisotopic (exact) mass is 271 g/mol. The Kier molecular flexibility index (Phi) is 6.66. The summed E-state index contributed by atoms with van der Waals surface area (Å²) in [5.41, 5.74) is 0. The van der Waals surface area contributed by atoms with Crippen molar-refractivity contribution in [2.45, 2.75) is 43.2 Å². The van der Waals surface area contributed by atoms with Gasteiger partial charge >= 0.3 is 6.18 Å². The molecule has 0 saturated heterocycles. The van der Waals surface area contributed by atoms with E-state index in [0.717, 1.165) is 6.54 Å². The molecule has 102 valence electrons. The lowest BCUT2D eigenvalue weighted by Gasteiger charge is -2.19. The highest BCUT2D eigenvalue weighted by molar-refractivity contribution is 7.99. The Labute approximate surface area is 105 Å². The Hall–Kier alpha value is 0.0600. The van der Waals surface area contributed by atoms with E-state index in [2.05, 4.69) is 16.3 Å². The molecule has 0 radical (unpaired) electrons.